The first-order chi connectivity index (χ1) is 8.77. The molecule has 1 heterocycles. The van der Waals surface area contributed by atoms with Crippen LogP contribution < -0.4 is 5.32 Å². The van der Waals surface area contributed by atoms with Crippen LogP contribution in [0.1, 0.15) is 24.8 Å². The second-order valence-electron chi connectivity index (χ2n) is 4.75. The predicted molar refractivity (Wildman–Crippen MR) is 71.3 cm³/mol. The Kier molecular flexibility index (Phi) is 5.42. The van der Waals surface area contributed by atoms with Crippen molar-refractivity contribution < 1.29 is 9.13 Å². The van der Waals surface area contributed by atoms with Gasteiger partial charge in [-0.2, -0.15) is 0 Å². The number of benzene rings is 1. The summed E-state index contributed by atoms with van der Waals surface area (Å²) >= 11 is 5.93. The number of piperidine rings is 1. The third kappa shape index (κ3) is 3.94. The van der Waals surface area contributed by atoms with Crippen molar-refractivity contribution in [2.75, 3.05) is 19.7 Å². The highest BCUT2D eigenvalue weighted by molar-refractivity contribution is 6.31. The Bertz CT molecular complexity index is 360. The van der Waals surface area contributed by atoms with Gasteiger partial charge in [-0.1, -0.05) is 17.7 Å². The minimum absolute atomic E-state index is 0.256. The molecule has 1 saturated heterocycles. The van der Waals surface area contributed by atoms with Crippen molar-refractivity contribution in [1.82, 2.24) is 5.32 Å². The molecule has 18 heavy (non-hydrogen) atoms. The van der Waals surface area contributed by atoms with Crippen LogP contribution in [0.25, 0.3) is 0 Å². The predicted octanol–water partition coefficient (Wildman–Crippen LogP) is 3.39. The molecule has 4 heteroatoms. The summed E-state index contributed by atoms with van der Waals surface area (Å²) in [6.45, 7) is 3.12. The molecule has 0 aliphatic carbocycles. The molecule has 0 aromatic heterocycles. The Morgan fingerprint density at radius 1 is 1.44 bits per heavy atom. The SMILES string of the molecule is Fc1cccc(Cl)c1COCCC1CCCNC1. The highest BCUT2D eigenvalue weighted by atomic mass is 35.5. The van der Waals surface area contributed by atoms with Crippen LogP contribution in [-0.2, 0) is 11.3 Å². The summed E-state index contributed by atoms with van der Waals surface area (Å²) in [4.78, 5) is 0. The molecule has 1 aliphatic heterocycles. The molecule has 0 bridgehead atoms. The van der Waals surface area contributed by atoms with Crippen LogP contribution in [0.3, 0.4) is 0 Å². The van der Waals surface area contributed by atoms with E-state index in [1.807, 2.05) is 0 Å². The number of ether oxygens (including phenoxy) is 1. The number of hydrogen-bond acceptors (Lipinski definition) is 2. The maximum absolute atomic E-state index is 13.5. The van der Waals surface area contributed by atoms with E-state index in [-0.39, 0.29) is 12.4 Å². The van der Waals surface area contributed by atoms with E-state index < -0.39 is 0 Å². The molecule has 1 unspecified atom stereocenters. The first-order valence-electron chi connectivity index (χ1n) is 6.48. The van der Waals surface area contributed by atoms with Crippen LogP contribution in [0.2, 0.25) is 5.02 Å². The zero-order chi connectivity index (χ0) is 12.8. The average molecular weight is 272 g/mol. The van der Waals surface area contributed by atoms with Gasteiger partial charge in [-0.05, 0) is 50.4 Å². The molecule has 100 valence electrons. The lowest BCUT2D eigenvalue weighted by Crippen LogP contribution is -2.30. The summed E-state index contributed by atoms with van der Waals surface area (Å²) in [6.07, 6.45) is 3.53. The number of hydrogen-bond donors (Lipinski definition) is 1. The van der Waals surface area contributed by atoms with Crippen molar-refractivity contribution in [2.24, 2.45) is 5.92 Å². The van der Waals surface area contributed by atoms with Gasteiger partial charge in [-0.25, -0.2) is 4.39 Å². The van der Waals surface area contributed by atoms with Crippen molar-refractivity contribution in [3.63, 3.8) is 0 Å². The van der Waals surface area contributed by atoms with Crippen LogP contribution >= 0.6 is 11.6 Å². The highest BCUT2D eigenvalue weighted by Gasteiger charge is 2.13. The minimum Gasteiger partial charge on any atom is -0.377 e. The third-order valence-corrected chi connectivity index (χ3v) is 3.73. The summed E-state index contributed by atoms with van der Waals surface area (Å²) in [6, 6.07) is 4.71. The van der Waals surface area contributed by atoms with Gasteiger partial charge in [0.25, 0.3) is 0 Å². The quantitative estimate of drug-likeness (QED) is 0.829. The first kappa shape index (κ1) is 13.8. The van der Waals surface area contributed by atoms with Crippen molar-refractivity contribution in [1.29, 1.82) is 0 Å². The summed E-state index contributed by atoms with van der Waals surface area (Å²) < 4.78 is 19.0. The average Bonchev–Trinajstić information content (AvgIpc) is 2.38. The van der Waals surface area contributed by atoms with Gasteiger partial charge in [-0.15, -0.1) is 0 Å². The van der Waals surface area contributed by atoms with Gasteiger partial charge in [0, 0.05) is 17.2 Å². The number of nitrogens with one attached hydrogen (secondary N) is 1. The minimum atomic E-state index is -0.290. The molecule has 1 atom stereocenters. The fourth-order valence-electron chi connectivity index (χ4n) is 2.26. The second kappa shape index (κ2) is 7.07. The lowest BCUT2D eigenvalue weighted by Gasteiger charge is -2.22. The van der Waals surface area contributed by atoms with E-state index in [0.717, 1.165) is 19.5 Å². The van der Waals surface area contributed by atoms with E-state index in [4.69, 9.17) is 16.3 Å². The molecule has 2 rings (SSSR count). The molecule has 0 spiro atoms. The molecule has 2 nitrogen and oxygen atoms in total. The lowest BCUT2D eigenvalue weighted by atomic mass is 9.97. The second-order valence-corrected chi connectivity index (χ2v) is 5.16. The van der Waals surface area contributed by atoms with E-state index in [0.29, 0.717) is 23.1 Å². The number of halogens is 2. The van der Waals surface area contributed by atoms with Crippen molar-refractivity contribution in [3.05, 3.63) is 34.6 Å². The number of rotatable bonds is 5. The zero-order valence-electron chi connectivity index (χ0n) is 10.4. The Morgan fingerprint density at radius 2 is 2.33 bits per heavy atom. The molecule has 1 aliphatic rings. The molecule has 1 N–H and O–H groups in total. The van der Waals surface area contributed by atoms with Gasteiger partial charge >= 0.3 is 0 Å². The Hall–Kier alpha value is -0.640. The molecular weight excluding hydrogens is 253 g/mol. The molecule has 1 fully saturated rings. The Balaban J connectivity index is 1.71. The van der Waals surface area contributed by atoms with Crippen LogP contribution in [-0.4, -0.2) is 19.7 Å². The van der Waals surface area contributed by atoms with E-state index in [9.17, 15) is 4.39 Å². The van der Waals surface area contributed by atoms with Crippen molar-refractivity contribution in [3.8, 4) is 0 Å². The van der Waals surface area contributed by atoms with E-state index in [2.05, 4.69) is 5.32 Å². The van der Waals surface area contributed by atoms with Gasteiger partial charge in [0.05, 0.1) is 6.61 Å². The van der Waals surface area contributed by atoms with Crippen molar-refractivity contribution >= 4 is 11.6 Å². The zero-order valence-corrected chi connectivity index (χ0v) is 11.2. The van der Waals surface area contributed by atoms with Crippen LogP contribution in [0.4, 0.5) is 4.39 Å². The fourth-order valence-corrected chi connectivity index (χ4v) is 2.48. The molecule has 0 amide bonds. The summed E-state index contributed by atoms with van der Waals surface area (Å²) in [5.74, 6) is 0.400. The third-order valence-electron chi connectivity index (χ3n) is 3.38. The van der Waals surface area contributed by atoms with Gasteiger partial charge in [0.15, 0.2) is 0 Å². The smallest absolute Gasteiger partial charge is 0.130 e. The first-order valence-corrected chi connectivity index (χ1v) is 6.86. The normalized spacial score (nSPS) is 20.0. The molecule has 0 radical (unpaired) electrons. The van der Waals surface area contributed by atoms with E-state index in [1.54, 1.807) is 12.1 Å². The topological polar surface area (TPSA) is 21.3 Å². The van der Waals surface area contributed by atoms with Gasteiger partial charge in [0.2, 0.25) is 0 Å². The highest BCUT2D eigenvalue weighted by Crippen LogP contribution is 2.20. The monoisotopic (exact) mass is 271 g/mol. The maximum atomic E-state index is 13.5. The van der Waals surface area contributed by atoms with Crippen LogP contribution in [0.5, 0.6) is 0 Å². The Labute approximate surface area is 112 Å². The van der Waals surface area contributed by atoms with Gasteiger partial charge in [0.1, 0.15) is 5.82 Å². The van der Waals surface area contributed by atoms with Crippen molar-refractivity contribution in [2.45, 2.75) is 25.9 Å². The lowest BCUT2D eigenvalue weighted by molar-refractivity contribution is 0.101. The Morgan fingerprint density at radius 3 is 3.06 bits per heavy atom. The van der Waals surface area contributed by atoms with Crippen LogP contribution in [0, 0.1) is 11.7 Å². The fraction of sp³-hybridized carbons (Fsp3) is 0.571. The van der Waals surface area contributed by atoms with Crippen LogP contribution in [0.15, 0.2) is 18.2 Å². The molecule has 1 aromatic carbocycles. The molecular formula is C14H19ClFNO. The summed E-state index contributed by atoms with van der Waals surface area (Å²) in [5.41, 5.74) is 0.459. The summed E-state index contributed by atoms with van der Waals surface area (Å²) in [7, 11) is 0. The molecule has 0 saturated carbocycles. The maximum Gasteiger partial charge on any atom is 0.130 e. The molecule has 1 aromatic rings. The van der Waals surface area contributed by atoms with E-state index >= 15 is 0 Å². The summed E-state index contributed by atoms with van der Waals surface area (Å²) in [5, 5.41) is 3.81. The standard InChI is InChI=1S/C14H19ClFNO/c15-13-4-1-5-14(16)12(13)10-18-8-6-11-3-2-7-17-9-11/h1,4-5,11,17H,2-3,6-10H2. The van der Waals surface area contributed by atoms with Gasteiger partial charge < -0.3 is 10.1 Å². The largest absolute Gasteiger partial charge is 0.377 e. The van der Waals surface area contributed by atoms with E-state index in [1.165, 1.54) is 18.9 Å². The van der Waals surface area contributed by atoms with Gasteiger partial charge in [-0.3, -0.25) is 0 Å².